The number of quaternary nitrogens is 1. The molecule has 0 fully saturated rings. The molecule has 0 unspecified atom stereocenters. The van der Waals surface area contributed by atoms with E-state index in [0.717, 1.165) is 0 Å². The average molecular weight is 125 g/mol. The molecule has 0 aromatic heterocycles. The van der Waals surface area contributed by atoms with E-state index in [9.17, 15) is 0 Å². The zero-order chi connectivity index (χ0) is 5.41. The van der Waals surface area contributed by atoms with Crippen LogP contribution in [0.5, 0.6) is 0 Å². The Bertz CT molecular complexity index is 69.3. The van der Waals surface area contributed by atoms with Crippen molar-refractivity contribution in [3.8, 4) is 0 Å². The van der Waals surface area contributed by atoms with Crippen LogP contribution in [0.2, 0.25) is 0 Å². The molecule has 0 amide bonds. The Balaban J connectivity index is -0.0000000160. The molecule has 0 aliphatic carbocycles. The summed E-state index contributed by atoms with van der Waals surface area (Å²) in [7, 11) is 0. The molecule has 0 radical (unpaired) electrons. The van der Waals surface area contributed by atoms with Crippen molar-refractivity contribution in [2.45, 2.75) is 0 Å². The van der Waals surface area contributed by atoms with Crippen molar-refractivity contribution in [2.75, 3.05) is 0 Å². The molecular weight excluding hydrogens is 121 g/mol. The van der Waals surface area contributed by atoms with Crippen LogP contribution in [0.3, 0.4) is 0 Å². The number of hydrogen-bond donors (Lipinski definition) is 1. The van der Waals surface area contributed by atoms with E-state index in [1.165, 1.54) is 0 Å². The summed E-state index contributed by atoms with van der Waals surface area (Å²) >= 11 is 0. The van der Waals surface area contributed by atoms with E-state index in [4.69, 9.17) is 20.4 Å². The van der Waals surface area contributed by atoms with Crippen LogP contribution in [0.1, 0.15) is 0 Å². The maximum absolute atomic E-state index is 8.24. The van der Waals surface area contributed by atoms with E-state index >= 15 is 0 Å². The number of nitrogens with zero attached hydrogens (tertiary/aromatic N) is 2. The van der Waals surface area contributed by atoms with Crippen LogP contribution >= 0.6 is 0 Å². The first-order valence-corrected chi connectivity index (χ1v) is 0.855. The molecule has 0 bridgehead atoms. The quantitative estimate of drug-likeness (QED) is 0.213. The number of isocyanates is 2. The maximum atomic E-state index is 8.24. The summed E-state index contributed by atoms with van der Waals surface area (Å²) < 4.78 is 0. The second-order valence-electron chi connectivity index (χ2n) is 0.183. The van der Waals surface area contributed by atoms with E-state index in [1.54, 1.807) is 0 Å². The molecule has 40 valence electrons. The van der Waals surface area contributed by atoms with Gasteiger partial charge in [0.25, 0.3) is 0 Å². The van der Waals surface area contributed by atoms with Gasteiger partial charge in [-0.05, 0) is 12.2 Å². The maximum Gasteiger partial charge on any atom is 1.00 e. The molecule has 8 heavy (non-hydrogen) atoms. The minimum atomic E-state index is 0. The van der Waals surface area contributed by atoms with Gasteiger partial charge in [0.2, 0.25) is 0 Å². The fourth-order valence-corrected chi connectivity index (χ4v) is 0. The number of rotatable bonds is 0. The van der Waals surface area contributed by atoms with Crippen molar-refractivity contribution >= 4 is 12.2 Å². The van der Waals surface area contributed by atoms with Crippen molar-refractivity contribution in [1.82, 2.24) is 6.15 Å². The molecule has 0 spiro atoms. The summed E-state index contributed by atoms with van der Waals surface area (Å²) in [5, 5.41) is 13.5. The Kier molecular flexibility index (Phi) is 234. The van der Waals surface area contributed by atoms with Gasteiger partial charge in [-0.15, -0.1) is 0 Å². The van der Waals surface area contributed by atoms with Gasteiger partial charge in [0.05, 0.1) is 0 Å². The largest absolute Gasteiger partial charge is 1.00 e. The molecule has 0 rings (SSSR count). The molecule has 0 heterocycles. The Morgan fingerprint density at radius 2 is 1.00 bits per heavy atom. The fraction of sp³-hybridized carbons (Fsp3) is 0. The first-order chi connectivity index (χ1) is 2.83. The predicted octanol–water partition coefficient (Wildman–Crippen LogP) is -2.84. The molecule has 0 aromatic rings. The zero-order valence-corrected chi connectivity index (χ0v) is 6.71. The van der Waals surface area contributed by atoms with Crippen LogP contribution in [0.4, 0.5) is 0 Å². The smallest absolute Gasteiger partial charge is 0.724 e. The molecule has 0 saturated carbocycles. The predicted molar refractivity (Wildman–Crippen MR) is 24.1 cm³/mol. The summed E-state index contributed by atoms with van der Waals surface area (Å²) in [5.41, 5.74) is 0. The Morgan fingerprint density at radius 3 is 1.00 bits per heavy atom. The van der Waals surface area contributed by atoms with Crippen molar-refractivity contribution in [2.24, 2.45) is 0 Å². The average Bonchev–Trinajstić information content (AvgIpc) is 1.39. The number of hydrogen-bond acceptors (Lipinski definition) is 2. The van der Waals surface area contributed by atoms with Crippen LogP contribution < -0.4 is 35.7 Å². The minimum Gasteiger partial charge on any atom is -0.724 e. The van der Waals surface area contributed by atoms with Crippen LogP contribution in [0.15, 0.2) is 0 Å². The molecular formula is C2H4N3NaO2. The molecule has 0 aliphatic heterocycles. The van der Waals surface area contributed by atoms with E-state index < -0.39 is 0 Å². The molecule has 6 heteroatoms. The van der Waals surface area contributed by atoms with E-state index in [-0.39, 0.29) is 35.7 Å². The van der Waals surface area contributed by atoms with Gasteiger partial charge in [0.15, 0.2) is 0 Å². The second-order valence-corrected chi connectivity index (χ2v) is 0.183. The van der Waals surface area contributed by atoms with Crippen LogP contribution in [0, 0.1) is 0 Å². The molecule has 4 N–H and O–H groups in total. The van der Waals surface area contributed by atoms with Crippen molar-refractivity contribution in [3.05, 3.63) is 10.8 Å². The molecule has 5 nitrogen and oxygen atoms in total. The van der Waals surface area contributed by atoms with Gasteiger partial charge < -0.3 is 17.0 Å². The normalized spacial score (nSPS) is 2.00. The van der Waals surface area contributed by atoms with Crippen molar-refractivity contribution in [1.29, 1.82) is 0 Å². The topological polar surface area (TPSA) is 115 Å². The van der Waals surface area contributed by atoms with Crippen LogP contribution in [-0.4, -0.2) is 12.2 Å². The first-order valence-electron chi connectivity index (χ1n) is 0.855. The molecule has 0 atom stereocenters. The van der Waals surface area contributed by atoms with Gasteiger partial charge in [0.1, 0.15) is 0 Å². The second kappa shape index (κ2) is 74.3. The van der Waals surface area contributed by atoms with Crippen molar-refractivity contribution < 1.29 is 39.1 Å². The van der Waals surface area contributed by atoms with Crippen molar-refractivity contribution in [3.63, 3.8) is 0 Å². The summed E-state index contributed by atoms with van der Waals surface area (Å²) in [6, 6.07) is 0. The van der Waals surface area contributed by atoms with Gasteiger partial charge >= 0.3 is 29.6 Å². The van der Waals surface area contributed by atoms with E-state index in [1.807, 2.05) is 0 Å². The van der Waals surface area contributed by atoms with E-state index in [2.05, 4.69) is 0 Å². The third-order valence-corrected chi connectivity index (χ3v) is 0. The molecule has 0 aliphatic rings. The Labute approximate surface area is 68.4 Å². The molecule has 0 saturated heterocycles. The van der Waals surface area contributed by atoms with Gasteiger partial charge in [-0.3, -0.25) is 9.59 Å². The van der Waals surface area contributed by atoms with Gasteiger partial charge in [-0.2, -0.15) is 0 Å². The van der Waals surface area contributed by atoms with Crippen LogP contribution in [0.25, 0.3) is 10.8 Å². The fourth-order valence-electron chi connectivity index (χ4n) is 0. The minimum absolute atomic E-state index is 0. The SMILES string of the molecule is [N-]=C=O.[N-]=C=O.[NH4+].[Na+]. The summed E-state index contributed by atoms with van der Waals surface area (Å²) in [6.45, 7) is 0. The monoisotopic (exact) mass is 125 g/mol. The Hall–Kier alpha value is -0.280. The van der Waals surface area contributed by atoms with E-state index in [0.29, 0.717) is 12.2 Å². The third kappa shape index (κ3) is 1630. The molecule has 0 aromatic carbocycles. The summed E-state index contributed by atoms with van der Waals surface area (Å²) in [4.78, 5) is 16.5. The number of carbonyl (C=O) groups excluding carboxylic acids is 2. The van der Waals surface area contributed by atoms with Gasteiger partial charge in [-0.1, -0.05) is 0 Å². The summed E-state index contributed by atoms with van der Waals surface area (Å²) in [6.07, 6.45) is 1.00. The first kappa shape index (κ1) is 25.2. The Morgan fingerprint density at radius 1 is 1.00 bits per heavy atom. The van der Waals surface area contributed by atoms with Crippen LogP contribution in [-0.2, 0) is 9.59 Å². The van der Waals surface area contributed by atoms with Gasteiger partial charge in [0, 0.05) is 0 Å². The summed E-state index contributed by atoms with van der Waals surface area (Å²) in [5.74, 6) is 0. The van der Waals surface area contributed by atoms with Gasteiger partial charge in [-0.25, -0.2) is 0 Å². The zero-order valence-electron chi connectivity index (χ0n) is 4.71. The standard InChI is InChI=1S/2CNO.H3N.Na/c2*2-1-3;;/h;;1H3;/q2*-1;;+1/p+1. The third-order valence-electron chi connectivity index (χ3n) is 0.